The van der Waals surface area contributed by atoms with Crippen molar-refractivity contribution in [2.45, 2.75) is 18.0 Å². The van der Waals surface area contributed by atoms with Gasteiger partial charge >= 0.3 is 0 Å². The van der Waals surface area contributed by atoms with E-state index in [0.717, 1.165) is 16.2 Å². The van der Waals surface area contributed by atoms with Gasteiger partial charge in [-0.25, -0.2) is 9.55 Å². The molecule has 0 bridgehead atoms. The number of hydrogen-bond acceptors (Lipinski definition) is 12. The van der Waals surface area contributed by atoms with Gasteiger partial charge in [0.15, 0.2) is 16.5 Å². The molecule has 2 amide bonds. The number of anilines is 1. The van der Waals surface area contributed by atoms with Crippen LogP contribution in [0.4, 0.5) is 5.13 Å². The van der Waals surface area contributed by atoms with Crippen molar-refractivity contribution in [3.8, 4) is 0 Å². The van der Waals surface area contributed by atoms with E-state index < -0.39 is 29.2 Å². The summed E-state index contributed by atoms with van der Waals surface area (Å²) in [5.41, 5.74) is 7.18. The molecule has 2 atom stereocenters. The summed E-state index contributed by atoms with van der Waals surface area (Å²) in [6.45, 7) is 0.145. The number of fused-ring (bicyclic) bond motifs is 2. The van der Waals surface area contributed by atoms with Crippen molar-refractivity contribution >= 4 is 63.6 Å². The number of imidazole rings is 1. The number of nitrogen functional groups attached to an aromatic ring is 1. The van der Waals surface area contributed by atoms with Crippen LogP contribution in [0.3, 0.4) is 0 Å². The number of oxime groups is 2. The van der Waals surface area contributed by atoms with Gasteiger partial charge < -0.3 is 31.0 Å². The van der Waals surface area contributed by atoms with Crippen molar-refractivity contribution < 1.29 is 33.9 Å². The Kier molecular flexibility index (Phi) is 6.73. The maximum absolute atomic E-state index is 13.1. The van der Waals surface area contributed by atoms with Crippen LogP contribution >= 0.6 is 23.1 Å². The minimum atomic E-state index is -1.50. The topological polar surface area (TPSA) is 192 Å². The van der Waals surface area contributed by atoms with Crippen LogP contribution in [0.1, 0.15) is 11.4 Å². The molecule has 5 rings (SSSR count). The Balaban J connectivity index is 1.40. The molecule has 1 saturated heterocycles. The Morgan fingerprint density at radius 3 is 2.95 bits per heavy atom. The molecule has 3 aromatic rings. The molecule has 0 unspecified atom stereocenters. The van der Waals surface area contributed by atoms with E-state index in [0.29, 0.717) is 16.9 Å². The highest BCUT2D eigenvalue weighted by Crippen LogP contribution is 2.40. The number of aliphatic carboxylic acids is 1. The van der Waals surface area contributed by atoms with E-state index in [1.807, 2.05) is 12.1 Å². The lowest BCUT2D eigenvalue weighted by atomic mass is 10.0. The molecular weight excluding hydrogens is 536 g/mol. The first-order chi connectivity index (χ1) is 18.3. The van der Waals surface area contributed by atoms with Gasteiger partial charge in [-0.05, 0) is 6.07 Å². The molecule has 0 aromatic carbocycles. The average molecular weight is 557 g/mol. The van der Waals surface area contributed by atoms with Gasteiger partial charge in [-0.15, -0.1) is 23.1 Å². The van der Waals surface area contributed by atoms with Crippen LogP contribution in [0.5, 0.6) is 0 Å². The highest BCUT2D eigenvalue weighted by Gasteiger charge is 2.53. The third-order valence-corrected chi connectivity index (χ3v) is 7.95. The summed E-state index contributed by atoms with van der Waals surface area (Å²) < 4.78 is 3.56. The predicted octanol–water partition coefficient (Wildman–Crippen LogP) is -1.47. The lowest BCUT2D eigenvalue weighted by Gasteiger charge is -2.50. The van der Waals surface area contributed by atoms with Crippen LogP contribution in [0.2, 0.25) is 0 Å². The van der Waals surface area contributed by atoms with Crippen molar-refractivity contribution in [3.63, 3.8) is 0 Å². The Morgan fingerprint density at radius 1 is 1.45 bits per heavy atom. The highest BCUT2D eigenvalue weighted by molar-refractivity contribution is 8.00. The second kappa shape index (κ2) is 10.1. The molecule has 196 valence electrons. The van der Waals surface area contributed by atoms with Crippen LogP contribution in [0.25, 0.3) is 5.65 Å². The number of carbonyl (C=O) groups is 3. The number of thiazole rings is 1. The van der Waals surface area contributed by atoms with Crippen molar-refractivity contribution in [2.75, 3.05) is 18.6 Å². The fraction of sp³-hybridized carbons (Fsp3) is 0.227. The Bertz CT molecular complexity index is 1540. The van der Waals surface area contributed by atoms with Crippen LogP contribution in [0.15, 0.2) is 57.6 Å². The van der Waals surface area contributed by atoms with Crippen LogP contribution in [-0.4, -0.2) is 73.6 Å². The minimum Gasteiger partial charge on any atom is -0.543 e. The van der Waals surface area contributed by atoms with Crippen molar-refractivity contribution in [3.05, 3.63) is 58.6 Å². The quantitative estimate of drug-likeness (QED) is 0.0977. The summed E-state index contributed by atoms with van der Waals surface area (Å²) in [5.74, 6) is -2.54. The number of carboxylic acids is 1. The van der Waals surface area contributed by atoms with Crippen molar-refractivity contribution in [2.24, 2.45) is 10.3 Å². The van der Waals surface area contributed by atoms with Crippen LogP contribution in [-0.2, 0) is 25.8 Å². The van der Waals surface area contributed by atoms with E-state index in [9.17, 15) is 19.5 Å². The summed E-state index contributed by atoms with van der Waals surface area (Å²) in [7, 11) is 1.26. The number of carboxylic acid groups (broad SMARTS) is 1. The maximum Gasteiger partial charge on any atom is 0.286 e. The van der Waals surface area contributed by atoms with E-state index in [1.165, 1.54) is 30.5 Å². The van der Waals surface area contributed by atoms with Gasteiger partial charge in [0, 0.05) is 22.8 Å². The molecule has 0 spiro atoms. The van der Waals surface area contributed by atoms with E-state index in [2.05, 4.69) is 20.6 Å². The first-order valence-corrected chi connectivity index (χ1v) is 12.9. The Labute approximate surface area is 222 Å². The molecule has 38 heavy (non-hydrogen) atoms. The number of nitrogens with one attached hydrogen (secondary N) is 1. The van der Waals surface area contributed by atoms with Gasteiger partial charge in [0.05, 0.1) is 17.9 Å². The largest absolute Gasteiger partial charge is 0.543 e. The average Bonchev–Trinajstić information content (AvgIpc) is 3.49. The molecule has 0 radical (unpaired) electrons. The standard InChI is InChI=1S/C22H20N8O6S2/c1-36-27-15(13-10-38-22(23)25-13)18(31)26-16-19(32)30-17(21(33)34)11(9-37-20(16)30)7-28-8-12(6-24-35)29-5-3-2-4-14(28)29/h2-6,8,10,16,20H,7,9H2,1H3,(H4-,23,25,26,31,33,34,35)/b24-6?,27-15-/t16-,20+/m1/s1. The van der Waals surface area contributed by atoms with Crippen molar-refractivity contribution in [1.82, 2.24) is 19.8 Å². The molecule has 16 heteroatoms. The lowest BCUT2D eigenvalue weighted by Crippen LogP contribution is -2.71. The zero-order valence-electron chi connectivity index (χ0n) is 19.7. The number of β-lactam (4-membered cyclic amide) rings is 1. The van der Waals surface area contributed by atoms with Gasteiger partial charge in [-0.2, -0.15) is 4.40 Å². The molecule has 3 aromatic heterocycles. The summed E-state index contributed by atoms with van der Waals surface area (Å²) in [4.78, 5) is 48.1. The molecule has 14 nitrogen and oxygen atoms in total. The number of pyridine rings is 1. The normalized spacial score (nSPS) is 19.6. The first kappa shape index (κ1) is 25.2. The fourth-order valence-electron chi connectivity index (χ4n) is 4.36. The van der Waals surface area contributed by atoms with E-state index >= 15 is 0 Å². The van der Waals surface area contributed by atoms with Crippen molar-refractivity contribution in [1.29, 1.82) is 0 Å². The molecule has 0 saturated carbocycles. The number of nitrogens with zero attached hydrogens (tertiary/aromatic N) is 6. The summed E-state index contributed by atoms with van der Waals surface area (Å²) >= 11 is 2.43. The number of thioether (sulfide) groups is 1. The zero-order valence-corrected chi connectivity index (χ0v) is 21.3. The van der Waals surface area contributed by atoms with E-state index in [4.69, 9.17) is 15.8 Å². The number of aromatic nitrogens is 3. The number of rotatable bonds is 8. The molecular formula is C22H20N8O6S2. The molecule has 5 heterocycles. The number of carbonyl (C=O) groups excluding carboxylic acids is 3. The summed E-state index contributed by atoms with van der Waals surface area (Å²) in [6.07, 6.45) is 4.74. The number of amides is 2. The van der Waals surface area contributed by atoms with Crippen LogP contribution in [0, 0.1) is 0 Å². The summed E-state index contributed by atoms with van der Waals surface area (Å²) in [6, 6.07) is 4.45. The zero-order chi connectivity index (χ0) is 27.0. The van der Waals surface area contributed by atoms with Gasteiger partial charge in [0.25, 0.3) is 17.5 Å². The molecule has 4 N–H and O–H groups in total. The summed E-state index contributed by atoms with van der Waals surface area (Å²) in [5, 5.41) is 31.7. The Hall–Kier alpha value is -4.44. The fourth-order valence-corrected chi connectivity index (χ4v) is 6.24. The maximum atomic E-state index is 13.1. The van der Waals surface area contributed by atoms with E-state index in [1.54, 1.807) is 27.4 Å². The van der Waals surface area contributed by atoms with Crippen LogP contribution < -0.4 is 20.6 Å². The number of nitrogens with two attached hydrogens (primary N) is 1. The molecule has 2 aliphatic heterocycles. The monoisotopic (exact) mass is 556 g/mol. The smallest absolute Gasteiger partial charge is 0.286 e. The lowest BCUT2D eigenvalue weighted by molar-refractivity contribution is -0.511. The molecule has 0 aliphatic carbocycles. The second-order valence-electron chi connectivity index (χ2n) is 8.15. The van der Waals surface area contributed by atoms with Gasteiger partial charge in [-0.1, -0.05) is 16.4 Å². The molecule has 2 aliphatic rings. The number of hydrogen-bond donors (Lipinski definition) is 3. The SMILES string of the molecule is CO/N=C(\C(=O)N[C@@H]1C(=O)N2C(C(=O)[O-])=C(Cn3cc(C=NO)[n+]4ccccc34)CS[C@@H]12)c1csc(N)n1. The van der Waals surface area contributed by atoms with Gasteiger partial charge in [-0.3, -0.25) is 14.5 Å². The first-order valence-electron chi connectivity index (χ1n) is 11.0. The van der Waals surface area contributed by atoms with Gasteiger partial charge in [0.2, 0.25) is 0 Å². The highest BCUT2D eigenvalue weighted by atomic mass is 32.2. The van der Waals surface area contributed by atoms with E-state index in [-0.39, 0.29) is 34.5 Å². The third kappa shape index (κ3) is 4.32. The Morgan fingerprint density at radius 2 is 2.26 bits per heavy atom. The van der Waals surface area contributed by atoms with Gasteiger partial charge in [0.1, 0.15) is 43.2 Å². The minimum absolute atomic E-state index is 0.145. The second-order valence-corrected chi connectivity index (χ2v) is 10.1. The predicted molar refractivity (Wildman–Crippen MR) is 134 cm³/mol. The molecule has 1 fully saturated rings. The third-order valence-electron chi connectivity index (χ3n) is 5.94.